The number of rotatable bonds is 1. The first-order chi connectivity index (χ1) is 9.43. The molecule has 90 valence electrons. The summed E-state index contributed by atoms with van der Waals surface area (Å²) >= 11 is 0. The summed E-state index contributed by atoms with van der Waals surface area (Å²) in [5.74, 6) is 0.840. The maximum atomic E-state index is 5.56. The molecule has 0 spiro atoms. The van der Waals surface area contributed by atoms with Crippen molar-refractivity contribution in [3.8, 4) is 11.3 Å². The smallest absolute Gasteiger partial charge is 0.175 e. The van der Waals surface area contributed by atoms with E-state index in [0.717, 1.165) is 22.2 Å². The van der Waals surface area contributed by atoms with Gasteiger partial charge in [-0.3, -0.25) is 0 Å². The molecule has 3 aromatic carbocycles. The molecule has 2 heteroatoms. The lowest BCUT2D eigenvalue weighted by molar-refractivity contribution is 0.441. The number of benzene rings is 3. The van der Waals surface area contributed by atoms with E-state index in [0.29, 0.717) is 0 Å². The minimum Gasteiger partial charge on any atom is -0.355 e. The number of hydrogen-bond donors (Lipinski definition) is 0. The zero-order chi connectivity index (χ0) is 12.7. The van der Waals surface area contributed by atoms with Crippen molar-refractivity contribution in [2.24, 2.45) is 0 Å². The average molecular weight is 245 g/mol. The van der Waals surface area contributed by atoms with E-state index in [1.165, 1.54) is 10.8 Å². The first-order valence-electron chi connectivity index (χ1n) is 6.26. The summed E-state index contributed by atoms with van der Waals surface area (Å²) in [6, 6.07) is 22.5. The Labute approximate surface area is 110 Å². The fourth-order valence-corrected chi connectivity index (χ4v) is 2.50. The number of aromatic nitrogens is 1. The topological polar surface area (TPSA) is 26.0 Å². The Balaban J connectivity index is 2.15. The molecule has 4 rings (SSSR count). The summed E-state index contributed by atoms with van der Waals surface area (Å²) in [6.45, 7) is 0. The highest BCUT2D eigenvalue weighted by molar-refractivity contribution is 6.11. The van der Waals surface area contributed by atoms with E-state index < -0.39 is 0 Å². The van der Waals surface area contributed by atoms with Crippen LogP contribution in [0.5, 0.6) is 0 Å². The van der Waals surface area contributed by atoms with Gasteiger partial charge in [0, 0.05) is 5.56 Å². The Morgan fingerprint density at radius 2 is 1.53 bits per heavy atom. The van der Waals surface area contributed by atoms with Crippen molar-refractivity contribution in [1.29, 1.82) is 0 Å². The highest BCUT2D eigenvalue weighted by Crippen LogP contribution is 2.33. The monoisotopic (exact) mass is 245 g/mol. The third-order valence-electron chi connectivity index (χ3n) is 3.41. The van der Waals surface area contributed by atoms with Gasteiger partial charge in [0.15, 0.2) is 5.76 Å². The molecule has 0 fully saturated rings. The average Bonchev–Trinajstić information content (AvgIpc) is 2.92. The van der Waals surface area contributed by atoms with E-state index in [4.69, 9.17) is 4.52 Å². The predicted molar refractivity (Wildman–Crippen MR) is 77.0 cm³/mol. The molecule has 0 saturated heterocycles. The van der Waals surface area contributed by atoms with Crippen molar-refractivity contribution in [2.75, 3.05) is 0 Å². The molecule has 4 aromatic rings. The third-order valence-corrected chi connectivity index (χ3v) is 3.41. The quantitative estimate of drug-likeness (QED) is 0.488. The minimum absolute atomic E-state index is 0.840. The van der Waals surface area contributed by atoms with Crippen LogP contribution in [0.3, 0.4) is 0 Å². The molecule has 0 amide bonds. The van der Waals surface area contributed by atoms with Crippen molar-refractivity contribution in [1.82, 2.24) is 5.16 Å². The van der Waals surface area contributed by atoms with Crippen molar-refractivity contribution in [3.63, 3.8) is 0 Å². The Bertz CT molecular complexity index is 862. The first kappa shape index (κ1) is 10.3. The van der Waals surface area contributed by atoms with Gasteiger partial charge in [0.2, 0.25) is 0 Å². The van der Waals surface area contributed by atoms with Gasteiger partial charge in [-0.25, -0.2) is 0 Å². The lowest BCUT2D eigenvalue weighted by Gasteiger charge is -2.00. The van der Waals surface area contributed by atoms with E-state index in [1.54, 1.807) is 0 Å². The van der Waals surface area contributed by atoms with Crippen LogP contribution in [0.1, 0.15) is 0 Å². The van der Waals surface area contributed by atoms with Gasteiger partial charge in [0.1, 0.15) is 5.52 Å². The van der Waals surface area contributed by atoms with Crippen LogP contribution < -0.4 is 0 Å². The maximum Gasteiger partial charge on any atom is 0.175 e. The van der Waals surface area contributed by atoms with Gasteiger partial charge in [0.25, 0.3) is 0 Å². The van der Waals surface area contributed by atoms with Gasteiger partial charge in [-0.2, -0.15) is 0 Å². The van der Waals surface area contributed by atoms with E-state index >= 15 is 0 Å². The van der Waals surface area contributed by atoms with E-state index in [-0.39, 0.29) is 0 Å². The molecule has 19 heavy (non-hydrogen) atoms. The lowest BCUT2D eigenvalue weighted by Crippen LogP contribution is -1.77. The van der Waals surface area contributed by atoms with Crippen molar-refractivity contribution in [3.05, 3.63) is 66.7 Å². The molecular formula is C17H11NO. The van der Waals surface area contributed by atoms with Crippen LogP contribution in [-0.2, 0) is 0 Å². The molecular weight excluding hydrogens is 234 g/mol. The summed E-state index contributed by atoms with van der Waals surface area (Å²) in [6.07, 6.45) is 0. The van der Waals surface area contributed by atoms with Crippen LogP contribution in [0.4, 0.5) is 0 Å². The van der Waals surface area contributed by atoms with Crippen LogP contribution >= 0.6 is 0 Å². The Hall–Kier alpha value is -2.61. The van der Waals surface area contributed by atoms with Crippen LogP contribution in [0, 0.1) is 0 Å². The highest BCUT2D eigenvalue weighted by atomic mass is 16.5. The largest absolute Gasteiger partial charge is 0.355 e. The van der Waals surface area contributed by atoms with Gasteiger partial charge in [-0.15, -0.1) is 0 Å². The molecule has 0 bridgehead atoms. The Morgan fingerprint density at radius 3 is 2.42 bits per heavy atom. The van der Waals surface area contributed by atoms with Gasteiger partial charge < -0.3 is 4.52 Å². The molecule has 1 aromatic heterocycles. The molecule has 0 aliphatic heterocycles. The van der Waals surface area contributed by atoms with Crippen LogP contribution in [-0.4, -0.2) is 5.16 Å². The second kappa shape index (κ2) is 3.95. The van der Waals surface area contributed by atoms with E-state index in [1.807, 2.05) is 48.5 Å². The zero-order valence-corrected chi connectivity index (χ0v) is 10.2. The standard InChI is InChI=1S/C17H11NO/c1-2-7-13(8-3-1)17-16-14-9-5-4-6-12(14)10-11-15(16)18-19-17/h1-11H. The Kier molecular flexibility index (Phi) is 2.15. The summed E-state index contributed by atoms with van der Waals surface area (Å²) in [5.41, 5.74) is 1.96. The third kappa shape index (κ3) is 1.54. The fourth-order valence-electron chi connectivity index (χ4n) is 2.50. The van der Waals surface area contributed by atoms with Crippen LogP contribution in [0.25, 0.3) is 33.0 Å². The molecule has 0 radical (unpaired) electrons. The molecule has 0 saturated carbocycles. The summed E-state index contributed by atoms with van der Waals surface area (Å²) in [4.78, 5) is 0. The van der Waals surface area contributed by atoms with Crippen LogP contribution in [0.2, 0.25) is 0 Å². The molecule has 1 heterocycles. The number of nitrogens with zero attached hydrogens (tertiary/aromatic N) is 1. The molecule has 0 aliphatic rings. The summed E-state index contributed by atoms with van der Waals surface area (Å²) < 4.78 is 5.56. The molecule has 0 aliphatic carbocycles. The summed E-state index contributed by atoms with van der Waals surface area (Å²) in [7, 11) is 0. The van der Waals surface area contributed by atoms with Gasteiger partial charge in [-0.1, -0.05) is 65.8 Å². The number of hydrogen-bond acceptors (Lipinski definition) is 2. The predicted octanol–water partition coefficient (Wildman–Crippen LogP) is 4.65. The van der Waals surface area contributed by atoms with Crippen molar-refractivity contribution >= 4 is 21.7 Å². The first-order valence-corrected chi connectivity index (χ1v) is 6.26. The zero-order valence-electron chi connectivity index (χ0n) is 10.2. The van der Waals surface area contributed by atoms with E-state index in [2.05, 4.69) is 23.4 Å². The van der Waals surface area contributed by atoms with Crippen LogP contribution in [0.15, 0.2) is 71.3 Å². The normalized spacial score (nSPS) is 11.2. The van der Waals surface area contributed by atoms with Crippen molar-refractivity contribution < 1.29 is 4.52 Å². The van der Waals surface area contributed by atoms with E-state index in [9.17, 15) is 0 Å². The second-order valence-electron chi connectivity index (χ2n) is 4.56. The second-order valence-corrected chi connectivity index (χ2v) is 4.56. The summed E-state index contributed by atoms with van der Waals surface area (Å²) in [5, 5.41) is 7.64. The van der Waals surface area contributed by atoms with Crippen molar-refractivity contribution in [2.45, 2.75) is 0 Å². The fraction of sp³-hybridized carbons (Fsp3) is 0. The Morgan fingerprint density at radius 1 is 0.737 bits per heavy atom. The molecule has 0 N–H and O–H groups in total. The van der Waals surface area contributed by atoms with Gasteiger partial charge in [0.05, 0.1) is 5.39 Å². The molecule has 2 nitrogen and oxygen atoms in total. The molecule has 0 atom stereocenters. The highest BCUT2D eigenvalue weighted by Gasteiger charge is 2.12. The lowest BCUT2D eigenvalue weighted by atomic mass is 10.0. The van der Waals surface area contributed by atoms with Gasteiger partial charge in [-0.05, 0) is 16.8 Å². The SMILES string of the molecule is c1ccc(-c2onc3ccc4ccccc4c23)cc1. The number of fused-ring (bicyclic) bond motifs is 3. The maximum absolute atomic E-state index is 5.56. The minimum atomic E-state index is 0.840. The van der Waals surface area contributed by atoms with Gasteiger partial charge >= 0.3 is 0 Å². The molecule has 0 unspecified atom stereocenters.